The van der Waals surface area contributed by atoms with E-state index in [0.717, 1.165) is 0 Å². The van der Waals surface area contributed by atoms with E-state index < -0.39 is 10.0 Å². The lowest BCUT2D eigenvalue weighted by Crippen LogP contribution is -2.32. The molecule has 5 nitrogen and oxygen atoms in total. The van der Waals surface area contributed by atoms with Crippen LogP contribution in [0.1, 0.15) is 31.1 Å². The van der Waals surface area contributed by atoms with E-state index in [-0.39, 0.29) is 22.2 Å². The normalized spacial score (nSPS) is 11.6. The molecule has 0 aliphatic carbocycles. The molecule has 2 rings (SSSR count). The monoisotopic (exact) mass is 378 g/mol. The van der Waals surface area contributed by atoms with Crippen molar-refractivity contribution in [3.8, 4) is 0 Å². The summed E-state index contributed by atoms with van der Waals surface area (Å²) in [5.74, 6) is -0.722. The number of nitrogens with zero attached hydrogens (tertiary/aromatic N) is 2. The predicted octanol–water partition coefficient (Wildman–Crippen LogP) is 3.52. The highest BCUT2D eigenvalue weighted by molar-refractivity contribution is 7.89. The third-order valence-electron chi connectivity index (χ3n) is 4.12. The third kappa shape index (κ3) is 4.11. The van der Waals surface area contributed by atoms with Crippen LogP contribution in [0.15, 0.2) is 53.4 Å². The number of halogens is 1. The van der Waals surface area contributed by atoms with E-state index in [2.05, 4.69) is 0 Å². The van der Waals surface area contributed by atoms with E-state index in [0.29, 0.717) is 25.3 Å². The smallest absolute Gasteiger partial charge is 0.258 e. The first kappa shape index (κ1) is 20.1. The Hall–Kier alpha value is -2.25. The highest BCUT2D eigenvalue weighted by Crippen LogP contribution is 2.21. The standard InChI is InChI=1S/C19H23FN2O3S/c1-4-21(5-2)26(24,25)18-9-7-8-15(14-18)19(23)22(6-3)17-12-10-16(20)11-13-17/h7-14H,4-6H2,1-3H3. The van der Waals surface area contributed by atoms with Gasteiger partial charge in [0.2, 0.25) is 10.0 Å². The SMILES string of the molecule is CCN(C(=O)c1cccc(S(=O)(=O)N(CC)CC)c1)c1ccc(F)cc1. The van der Waals surface area contributed by atoms with Crippen molar-refractivity contribution in [2.75, 3.05) is 24.5 Å². The Morgan fingerprint density at radius 3 is 2.12 bits per heavy atom. The van der Waals surface area contributed by atoms with Gasteiger partial charge in [-0.25, -0.2) is 12.8 Å². The second-order valence-electron chi connectivity index (χ2n) is 5.64. The number of benzene rings is 2. The van der Waals surface area contributed by atoms with Crippen molar-refractivity contribution in [1.82, 2.24) is 4.31 Å². The Balaban J connectivity index is 2.39. The third-order valence-corrected chi connectivity index (χ3v) is 6.17. The van der Waals surface area contributed by atoms with Gasteiger partial charge in [0, 0.05) is 30.9 Å². The minimum Gasteiger partial charge on any atom is -0.309 e. The summed E-state index contributed by atoms with van der Waals surface area (Å²) in [5, 5.41) is 0. The molecular formula is C19H23FN2O3S. The zero-order valence-corrected chi connectivity index (χ0v) is 16.0. The second-order valence-corrected chi connectivity index (χ2v) is 7.58. The van der Waals surface area contributed by atoms with Gasteiger partial charge < -0.3 is 4.90 Å². The number of carbonyl (C=O) groups excluding carboxylic acids is 1. The van der Waals surface area contributed by atoms with Crippen LogP contribution >= 0.6 is 0 Å². The molecule has 7 heteroatoms. The molecule has 0 heterocycles. The molecule has 0 fully saturated rings. The molecule has 0 saturated carbocycles. The van der Waals surface area contributed by atoms with Crippen molar-refractivity contribution < 1.29 is 17.6 Å². The number of hydrogen-bond donors (Lipinski definition) is 0. The number of hydrogen-bond acceptors (Lipinski definition) is 3. The van der Waals surface area contributed by atoms with Crippen LogP contribution in [0, 0.1) is 5.82 Å². The number of anilines is 1. The van der Waals surface area contributed by atoms with Crippen molar-refractivity contribution in [2.45, 2.75) is 25.7 Å². The van der Waals surface area contributed by atoms with Crippen molar-refractivity contribution in [1.29, 1.82) is 0 Å². The van der Waals surface area contributed by atoms with Gasteiger partial charge in [0.1, 0.15) is 5.82 Å². The van der Waals surface area contributed by atoms with Crippen molar-refractivity contribution in [3.05, 3.63) is 59.9 Å². The summed E-state index contributed by atoms with van der Waals surface area (Å²) in [7, 11) is -3.65. The highest BCUT2D eigenvalue weighted by atomic mass is 32.2. The molecule has 0 saturated heterocycles. The van der Waals surface area contributed by atoms with Crippen molar-refractivity contribution in [3.63, 3.8) is 0 Å². The molecule has 26 heavy (non-hydrogen) atoms. The largest absolute Gasteiger partial charge is 0.309 e. The van der Waals surface area contributed by atoms with E-state index in [9.17, 15) is 17.6 Å². The fourth-order valence-corrected chi connectivity index (χ4v) is 4.23. The first-order valence-electron chi connectivity index (χ1n) is 8.52. The van der Waals surface area contributed by atoms with Crippen LogP contribution in [0.3, 0.4) is 0 Å². The first-order chi connectivity index (χ1) is 12.3. The lowest BCUT2D eigenvalue weighted by Gasteiger charge is -2.22. The van der Waals surface area contributed by atoms with Crippen molar-refractivity contribution in [2.24, 2.45) is 0 Å². The Morgan fingerprint density at radius 2 is 1.58 bits per heavy atom. The van der Waals surface area contributed by atoms with Gasteiger partial charge in [-0.15, -0.1) is 0 Å². The molecule has 0 bridgehead atoms. The molecule has 0 atom stereocenters. The molecule has 0 unspecified atom stereocenters. The molecule has 0 aliphatic heterocycles. The maximum absolute atomic E-state index is 13.1. The molecule has 0 aromatic heterocycles. The molecule has 0 aliphatic rings. The van der Waals surface area contributed by atoms with Gasteiger partial charge >= 0.3 is 0 Å². The van der Waals surface area contributed by atoms with Crippen LogP contribution in [-0.2, 0) is 10.0 Å². The van der Waals surface area contributed by atoms with E-state index in [4.69, 9.17) is 0 Å². The summed E-state index contributed by atoms with van der Waals surface area (Å²) in [4.78, 5) is 14.4. The number of sulfonamides is 1. The van der Waals surface area contributed by atoms with Crippen LogP contribution in [0.2, 0.25) is 0 Å². The average molecular weight is 378 g/mol. The van der Waals surface area contributed by atoms with E-state index in [1.54, 1.807) is 32.9 Å². The molecule has 2 aromatic carbocycles. The number of carbonyl (C=O) groups is 1. The first-order valence-corrected chi connectivity index (χ1v) is 9.96. The fourth-order valence-electron chi connectivity index (χ4n) is 2.72. The Labute approximate surface area is 154 Å². The van der Waals surface area contributed by atoms with Gasteiger partial charge in [0.15, 0.2) is 0 Å². The van der Waals surface area contributed by atoms with Gasteiger partial charge in [-0.05, 0) is 49.4 Å². The van der Waals surface area contributed by atoms with E-state index in [1.807, 2.05) is 0 Å². The summed E-state index contributed by atoms with van der Waals surface area (Å²) >= 11 is 0. The summed E-state index contributed by atoms with van der Waals surface area (Å²) in [6.45, 7) is 6.42. The summed E-state index contributed by atoms with van der Waals surface area (Å²) in [6, 6.07) is 11.6. The van der Waals surface area contributed by atoms with E-state index >= 15 is 0 Å². The Kier molecular flexibility index (Phi) is 6.50. The van der Waals surface area contributed by atoms with Gasteiger partial charge in [0.25, 0.3) is 5.91 Å². The van der Waals surface area contributed by atoms with Crippen LogP contribution in [0.5, 0.6) is 0 Å². The van der Waals surface area contributed by atoms with E-state index in [1.165, 1.54) is 45.6 Å². The number of amides is 1. The molecule has 0 N–H and O–H groups in total. The zero-order chi connectivity index (χ0) is 19.3. The van der Waals surface area contributed by atoms with Crippen LogP contribution in [0.4, 0.5) is 10.1 Å². The number of rotatable bonds is 7. The Bertz CT molecular complexity index is 863. The topological polar surface area (TPSA) is 57.7 Å². The Morgan fingerprint density at radius 1 is 0.962 bits per heavy atom. The molecule has 140 valence electrons. The molecular weight excluding hydrogens is 355 g/mol. The van der Waals surface area contributed by atoms with Crippen LogP contribution in [0.25, 0.3) is 0 Å². The summed E-state index contributed by atoms with van der Waals surface area (Å²) in [5.41, 5.74) is 0.820. The lowest BCUT2D eigenvalue weighted by atomic mass is 10.2. The highest BCUT2D eigenvalue weighted by Gasteiger charge is 2.24. The van der Waals surface area contributed by atoms with Crippen molar-refractivity contribution >= 4 is 21.6 Å². The maximum Gasteiger partial charge on any atom is 0.258 e. The quantitative estimate of drug-likeness (QED) is 0.741. The predicted molar refractivity (Wildman–Crippen MR) is 100 cm³/mol. The minimum absolute atomic E-state index is 0.0854. The van der Waals surface area contributed by atoms with Gasteiger partial charge in [0.05, 0.1) is 4.90 Å². The summed E-state index contributed by atoms with van der Waals surface area (Å²) < 4.78 is 39.8. The minimum atomic E-state index is -3.65. The van der Waals surface area contributed by atoms with Crippen LogP contribution in [-0.4, -0.2) is 38.3 Å². The zero-order valence-electron chi connectivity index (χ0n) is 15.1. The summed E-state index contributed by atoms with van der Waals surface area (Å²) in [6.07, 6.45) is 0. The maximum atomic E-state index is 13.1. The molecule has 2 aromatic rings. The molecule has 1 amide bonds. The molecule has 0 spiro atoms. The second kappa shape index (κ2) is 8.42. The average Bonchev–Trinajstić information content (AvgIpc) is 2.64. The van der Waals surface area contributed by atoms with Crippen LogP contribution < -0.4 is 4.90 Å². The molecule has 0 radical (unpaired) electrons. The fraction of sp³-hybridized carbons (Fsp3) is 0.316. The van der Waals surface area contributed by atoms with Gasteiger partial charge in [-0.3, -0.25) is 4.79 Å². The van der Waals surface area contributed by atoms with Gasteiger partial charge in [-0.2, -0.15) is 4.31 Å². The lowest BCUT2D eigenvalue weighted by molar-refractivity contribution is 0.0988. The van der Waals surface area contributed by atoms with Gasteiger partial charge in [-0.1, -0.05) is 19.9 Å².